The fraction of sp³-hybridized carbons (Fsp3) is 0.738. The van der Waals surface area contributed by atoms with Gasteiger partial charge >= 0.3 is 6.09 Å². The Morgan fingerprint density at radius 1 is 0.983 bits per heavy atom. The highest BCUT2D eigenvalue weighted by atomic mass is 19.3. The highest BCUT2D eigenvalue weighted by Crippen LogP contribution is 2.53. The minimum absolute atomic E-state index is 0.0376. The molecule has 334 valence electrons. The van der Waals surface area contributed by atoms with E-state index in [0.717, 1.165) is 6.42 Å². The minimum Gasteiger partial charge on any atom is -0.442 e. The van der Waals surface area contributed by atoms with E-state index < -0.39 is 115 Å². The Labute approximate surface area is 347 Å². The first-order valence-corrected chi connectivity index (χ1v) is 20.6. The van der Waals surface area contributed by atoms with Crippen LogP contribution in [-0.2, 0) is 33.5 Å². The molecule has 0 aromatic heterocycles. The maximum Gasteiger partial charge on any atom is 0.439 e. The predicted octanol–water partition coefficient (Wildman–Crippen LogP) is 5.12. The van der Waals surface area contributed by atoms with Crippen LogP contribution in [0, 0.1) is 29.1 Å². The van der Waals surface area contributed by atoms with E-state index in [1.54, 1.807) is 45.9 Å². The fourth-order valence-corrected chi connectivity index (χ4v) is 7.85. The largest absolute Gasteiger partial charge is 0.442 e. The van der Waals surface area contributed by atoms with Gasteiger partial charge in [-0.2, -0.15) is 0 Å². The van der Waals surface area contributed by atoms with E-state index in [2.05, 4.69) is 22.9 Å². The van der Waals surface area contributed by atoms with Crippen LogP contribution in [-0.4, -0.2) is 120 Å². The zero-order chi connectivity index (χ0) is 45.0. The Morgan fingerprint density at radius 3 is 2.15 bits per heavy atom. The smallest absolute Gasteiger partial charge is 0.439 e. The number of ketones is 1. The maximum atomic E-state index is 15.9. The third-order valence-corrected chi connectivity index (χ3v) is 11.7. The summed E-state index contributed by atoms with van der Waals surface area (Å²) in [6.45, 7) is 14.9. The van der Waals surface area contributed by atoms with Crippen LogP contribution in [0.15, 0.2) is 24.3 Å². The molecule has 0 aromatic rings. The molecule has 0 aromatic carbocycles. The van der Waals surface area contributed by atoms with Gasteiger partial charge in [-0.25, -0.2) is 13.6 Å². The van der Waals surface area contributed by atoms with Gasteiger partial charge in [-0.05, 0) is 83.0 Å². The van der Waals surface area contributed by atoms with E-state index in [9.17, 15) is 42.3 Å². The van der Waals surface area contributed by atoms with Gasteiger partial charge in [0.15, 0.2) is 0 Å². The van der Waals surface area contributed by atoms with Crippen molar-refractivity contribution in [1.82, 2.24) is 30.9 Å². The molecule has 1 aliphatic carbocycles. The van der Waals surface area contributed by atoms with Crippen LogP contribution < -0.4 is 16.0 Å². The Morgan fingerprint density at radius 2 is 1.63 bits per heavy atom. The number of likely N-dealkylation sites (N-methyl/N-ethyl adjacent to an activating group) is 1. The molecule has 3 N–H and O–H groups in total. The molecule has 1 heterocycles. The molecule has 8 atom stereocenters. The molecule has 17 heteroatoms. The van der Waals surface area contributed by atoms with Crippen molar-refractivity contribution in [3.05, 3.63) is 24.3 Å². The van der Waals surface area contributed by atoms with Gasteiger partial charge in [-0.3, -0.25) is 28.8 Å². The zero-order valence-electron chi connectivity index (χ0n) is 36.6. The van der Waals surface area contributed by atoms with E-state index in [0.29, 0.717) is 25.7 Å². The number of carbonyl (C=O) groups is 7. The normalized spacial score (nSPS) is 22.5. The van der Waals surface area contributed by atoms with E-state index >= 15 is 4.48 Å². The Hall–Kier alpha value is -4.44. The van der Waals surface area contributed by atoms with Gasteiger partial charge in [0, 0.05) is 33.0 Å². The first-order valence-electron chi connectivity index (χ1n) is 20.6. The summed E-state index contributed by atoms with van der Waals surface area (Å²) in [5, 5.41) is 6.98. The van der Waals surface area contributed by atoms with E-state index in [4.69, 9.17) is 4.74 Å². The van der Waals surface area contributed by atoms with Gasteiger partial charge in [0.25, 0.3) is 5.91 Å². The fourth-order valence-electron chi connectivity index (χ4n) is 7.85. The van der Waals surface area contributed by atoms with Crippen molar-refractivity contribution < 1.29 is 51.6 Å². The Bertz CT molecular complexity index is 1570. The van der Waals surface area contributed by atoms with Crippen molar-refractivity contribution in [2.24, 2.45) is 29.1 Å². The van der Waals surface area contributed by atoms with Crippen molar-refractivity contribution in [2.45, 2.75) is 143 Å². The monoisotopic (exact) mass is 840 g/mol. The quantitative estimate of drug-likeness (QED) is 0.0812. The molecular weight excluding hydrogens is 773 g/mol. The van der Waals surface area contributed by atoms with Gasteiger partial charge in [0.05, 0.1) is 12.6 Å². The number of alkyl halides is 2. The Kier molecular flexibility index (Phi) is 19.1. The van der Waals surface area contributed by atoms with Crippen LogP contribution in [0.25, 0.3) is 0 Å². The number of hydrogen-bond acceptors (Lipinski definition) is 8. The number of Topliss-reactive ketones (excluding diaryl/α,β-unsaturated/α-hetero) is 1. The van der Waals surface area contributed by atoms with E-state index in [1.165, 1.54) is 37.7 Å². The summed E-state index contributed by atoms with van der Waals surface area (Å²) in [5.41, 5.74) is -1.24. The van der Waals surface area contributed by atoms with E-state index in [1.807, 2.05) is 19.9 Å². The number of likely N-dealkylation sites (tertiary alicyclic amines) is 1. The molecule has 6 amide bonds. The van der Waals surface area contributed by atoms with Crippen LogP contribution in [0.4, 0.5) is 18.1 Å². The zero-order valence-corrected chi connectivity index (χ0v) is 36.6. The number of hydrogen-bond donors (Lipinski definition) is 3. The summed E-state index contributed by atoms with van der Waals surface area (Å²) in [6, 6.07) is -5.76. The van der Waals surface area contributed by atoms with Crippen molar-refractivity contribution in [2.75, 3.05) is 27.2 Å². The molecule has 14 nitrogen and oxygen atoms in total. The summed E-state index contributed by atoms with van der Waals surface area (Å²) >= 11 is 0. The lowest BCUT2D eigenvalue weighted by Gasteiger charge is -2.36. The number of nitrogens with one attached hydrogen (secondary N) is 3. The van der Waals surface area contributed by atoms with Crippen LogP contribution in [0.2, 0.25) is 0 Å². The van der Waals surface area contributed by atoms with Crippen LogP contribution in [0.5, 0.6) is 0 Å². The highest BCUT2D eigenvalue weighted by Gasteiger charge is 2.56. The van der Waals surface area contributed by atoms with Gasteiger partial charge in [-0.15, -0.1) is 5.12 Å². The second-order valence-electron chi connectivity index (χ2n) is 17.3. The van der Waals surface area contributed by atoms with Crippen molar-refractivity contribution in [3.63, 3.8) is 0 Å². The first kappa shape index (κ1) is 50.7. The van der Waals surface area contributed by atoms with Crippen molar-refractivity contribution >= 4 is 41.4 Å². The molecule has 0 radical (unpaired) electrons. The van der Waals surface area contributed by atoms with Crippen molar-refractivity contribution in [3.8, 4) is 0 Å². The van der Waals surface area contributed by atoms with Crippen LogP contribution >= 0.6 is 0 Å². The lowest BCUT2D eigenvalue weighted by atomic mass is 9.83. The SMILES string of the molecule is C/C=C\CC(/C=C\C)C(NC(=O)CNC(=O)C(=O)C(CCC(F)F)NC(=O)C1[C@H]2CC(C)(CC)C[C@H]2CN1C(=O)C(C(C)C)N(F)C(=O)OC(C)(C)CC)C(=O)N(C)C. The van der Waals surface area contributed by atoms with Crippen LogP contribution in [0.1, 0.15) is 107 Å². The minimum atomic E-state index is -2.90. The number of amides is 6. The third kappa shape index (κ3) is 13.8. The molecule has 6 unspecified atom stereocenters. The molecule has 1 saturated heterocycles. The molecular formula is C42H67F3N6O8. The average Bonchev–Trinajstić information content (AvgIpc) is 3.68. The maximum absolute atomic E-state index is 15.9. The van der Waals surface area contributed by atoms with Gasteiger partial charge < -0.3 is 30.5 Å². The summed E-state index contributed by atoms with van der Waals surface area (Å²) < 4.78 is 48.3. The van der Waals surface area contributed by atoms with Gasteiger partial charge in [0.1, 0.15) is 23.7 Å². The first-order chi connectivity index (χ1) is 27.5. The molecule has 0 bridgehead atoms. The second kappa shape index (κ2) is 22.2. The molecule has 0 spiro atoms. The summed E-state index contributed by atoms with van der Waals surface area (Å²) in [6.07, 6.45) is 4.01. The molecule has 2 rings (SSSR count). The third-order valence-electron chi connectivity index (χ3n) is 11.7. The number of rotatable bonds is 21. The lowest BCUT2D eigenvalue weighted by Crippen LogP contribution is -2.58. The number of ether oxygens (including phenoxy) is 1. The van der Waals surface area contributed by atoms with Crippen molar-refractivity contribution in [1.29, 1.82) is 0 Å². The van der Waals surface area contributed by atoms with Gasteiger partial charge in [0.2, 0.25) is 35.8 Å². The van der Waals surface area contributed by atoms with Crippen LogP contribution in [0.3, 0.4) is 0 Å². The second-order valence-corrected chi connectivity index (χ2v) is 17.3. The summed E-state index contributed by atoms with van der Waals surface area (Å²) in [4.78, 5) is 96.9. The molecule has 2 aliphatic rings. The average molecular weight is 841 g/mol. The highest BCUT2D eigenvalue weighted by molar-refractivity contribution is 6.38. The summed E-state index contributed by atoms with van der Waals surface area (Å²) in [5.74, 6) is -7.50. The molecule has 59 heavy (non-hydrogen) atoms. The number of carbonyl (C=O) groups excluding carboxylic acids is 7. The molecule has 2 fully saturated rings. The Balaban J connectivity index is 2.39. The number of nitrogens with zero attached hydrogens (tertiary/aromatic N) is 3. The topological polar surface area (TPSA) is 175 Å². The number of fused-ring (bicyclic) bond motifs is 1. The standard InChI is InChI=1S/C42H67F3N6O8/c1-12-16-18-26(17-13-2)32(38(56)49(10)11)48-31(52)23-46-37(55)35(53)29(19-20-30(43)44)47-36(54)34-28-22-42(9,15-4)21-27(28)24-50(34)39(57)33(25(5)6)51(45)40(58)59-41(7,8)14-3/h12-13,16-17,25-30,32-34H,14-15,18-24H2,1-11H3,(H,46,55)(H,47,54)(H,48,52)/b16-12-,17-13-/t26?,27-,28-,29?,32?,33?,34?,42?/m0/s1. The number of halogens is 3. The lowest BCUT2D eigenvalue weighted by molar-refractivity contribution is -0.152. The molecule has 1 aliphatic heterocycles. The predicted molar refractivity (Wildman–Crippen MR) is 216 cm³/mol. The van der Waals surface area contributed by atoms with E-state index in [-0.39, 0.29) is 23.0 Å². The number of allylic oxidation sites excluding steroid dienone is 3. The summed E-state index contributed by atoms with van der Waals surface area (Å²) in [7, 11) is 3.05. The van der Waals surface area contributed by atoms with Gasteiger partial charge in [-0.1, -0.05) is 69.8 Å². The molecule has 1 saturated carbocycles.